The molecule has 6 aliphatic rings. The van der Waals surface area contributed by atoms with E-state index >= 15 is 0 Å². The van der Waals surface area contributed by atoms with Gasteiger partial charge >= 0.3 is 36.6 Å². The van der Waals surface area contributed by atoms with Crippen LogP contribution in [0.5, 0.6) is 0 Å². The van der Waals surface area contributed by atoms with Crippen LogP contribution in [0.2, 0.25) is 8.47 Å². The van der Waals surface area contributed by atoms with Gasteiger partial charge in [0.1, 0.15) is 39.4 Å². The van der Waals surface area contributed by atoms with E-state index in [1.165, 1.54) is 118 Å². The zero-order chi connectivity index (χ0) is 147. The number of fused-ring (bicyclic) bond motifs is 6. The van der Waals surface area contributed by atoms with Crippen LogP contribution in [0.25, 0.3) is 65.4 Å². The van der Waals surface area contributed by atoms with E-state index in [4.69, 9.17) is 90.7 Å². The second-order valence-electron chi connectivity index (χ2n) is 27.8. The van der Waals surface area contributed by atoms with Crippen LogP contribution >= 0.6 is 0 Å². The third kappa shape index (κ3) is 26.5. The van der Waals surface area contributed by atoms with Crippen molar-refractivity contribution in [2.75, 3.05) is 163 Å². The van der Waals surface area contributed by atoms with E-state index in [9.17, 15) is 28.8 Å². The minimum Gasteiger partial charge on any atom is -0.447 e. The normalized spacial score (nSPS) is 30.5. The van der Waals surface area contributed by atoms with E-state index in [-0.39, 0.29) is 148 Å². The minimum absolute atomic E-state index is 0.00591. The second kappa shape index (κ2) is 43.7. The molecule has 0 aliphatic carbocycles. The van der Waals surface area contributed by atoms with E-state index in [1.54, 1.807) is 0 Å². The summed E-state index contributed by atoms with van der Waals surface area (Å²) in [6.45, 7) is -43.9. The summed E-state index contributed by atoms with van der Waals surface area (Å²) in [5.41, 5.74) is -0.0662. The Morgan fingerprint density at radius 3 is 0.857 bits per heavy atom. The predicted octanol–water partition coefficient (Wildman–Crippen LogP) is 11.5. The lowest BCUT2D eigenvalue weighted by Gasteiger charge is -2.09. The Labute approximate surface area is 829 Å². The lowest BCUT2D eigenvalue weighted by atomic mass is 10.0. The summed E-state index contributed by atoms with van der Waals surface area (Å²) in [4.78, 5) is 83.7. The lowest BCUT2D eigenvalue weighted by molar-refractivity contribution is 0.176. The van der Waals surface area contributed by atoms with Gasteiger partial charge in [-0.05, 0) is 300 Å². The smallest absolute Gasteiger partial charge is 0.407 e. The predicted molar refractivity (Wildman–Crippen MR) is 495 cm³/mol. The van der Waals surface area contributed by atoms with Gasteiger partial charge in [-0.25, -0.2) is 28.8 Å². The fraction of sp³-hybridized carbons (Fsp3) is 0.438. The van der Waals surface area contributed by atoms with Crippen molar-refractivity contribution < 1.29 is 148 Å². The number of nitrogens with one attached hydrogen (secondary N) is 12. The molecule has 6 aromatic carbocycles. The molecule has 12 aromatic rings. The number of amides is 6. The van der Waals surface area contributed by atoms with Crippen LogP contribution in [0.3, 0.4) is 0 Å². The number of alkyl carbamates (subject to hydrolysis) is 6. The molecule has 0 unspecified atom stereocenters. The molecule has 0 spiro atoms. The minimum atomic E-state index is -3.73. The molecule has 6 amide bonds. The molecule has 6 atom stereocenters. The first-order valence-corrected chi connectivity index (χ1v) is 37.7. The standard InChI is InChI=1S/6C16H21N3O2/c6*1-19(2)6-5-12-9-17-15-4-3-11(8-14(12)15)7-13-10-21-16(20)18-13/h6*3-4,8-9,13,17H,5-7,10H2,1-2H3,(H,18,20)/t6*13-/m000000/s1/i1D3,2D3,5D2,6D2,7D2,9D,10D2;1D3,5D2,6D2,7D2,9D,10D2;5D2,6D2,7D2,9D,10D2;1D3,2D3,7D2,9D,10D2;1D3,7D2,9D,10D2;7D2,9D,10D2/hD6. The molecule has 30 heteroatoms. The number of aryl methyl sites for hydroxylation is 3. The molecule has 12 N–H and O–H groups in total. The van der Waals surface area contributed by atoms with Crippen LogP contribution < -0.4 is 31.9 Å². The Hall–Kier alpha value is -12.1. The number of nitrogens with zero attached hydrogens (tertiary/aromatic N) is 6. The quantitative estimate of drug-likeness (QED) is 0.0186. The zero-order valence-electron chi connectivity index (χ0n) is 133. The SMILES string of the molecule is [2H]c1[nH]c2ccc(C([2H])([2H])[C@@H]3NC(=O)OC3([2H])[2H])cc2c1C([2H])([2H])C([2H])([2H])N(C([2H])([2H])[2H])C([2H])([2H])[2H].[2H]c1[nH]c2ccc(C([2H])([2H])[C@@H]3NC(=O)OC3([2H])[2H])cc2c1C([2H])([2H])C([2H])([2H])N(C)C.[2H]c1[nH]c2ccc(C([2H])([2H])[C@@H]3NC(=O)OC3([2H])[2H])cc2c1C([2H])([2H])C([2H])([2H])N(C)C([2H])([2H])[2H].[2H]c1c(CCN(C([2H])([2H])[2H])C([2H])([2H])[2H])c2cc(C([2H])([2H])[C@@H]3N([2H])C(=O)OC3([2H])[2H])ccc2n1[2H].[2H]c1c(CCN(C)C([2H])([2H])[2H])c2cc(C([2H])([2H])[C@@H]3N([2H])C(=O)OC3([2H])[2H])ccc2n1[2H].[2H]c1c(CCN(C)C)c2cc(C([2H])([2H])[C@@H]3N([2H])C(=O)OC3([2H])[2H])ccc2n1[2H]. The number of aromatic nitrogens is 6. The molecule has 18 rings (SSSR count). The van der Waals surface area contributed by atoms with Crippen LogP contribution in [-0.2, 0) is 105 Å². The highest BCUT2D eigenvalue weighted by Gasteiger charge is 2.29. The molecular weight excluding hydrogens is 1600 g/mol. The third-order valence-corrected chi connectivity index (χ3v) is 17.8. The Kier molecular flexibility index (Phi) is 13.7. The fourth-order valence-corrected chi connectivity index (χ4v) is 12.0. The van der Waals surface area contributed by atoms with Crippen molar-refractivity contribution in [2.45, 2.75) is 113 Å². The molecule has 6 aromatic heterocycles. The van der Waals surface area contributed by atoms with Gasteiger partial charge in [0.2, 0.25) is 0 Å². The average Bonchev–Trinajstić information content (AvgIpc) is 1.54. The number of hydrogen-bond donors (Lipinski definition) is 12. The molecule has 30 nitrogen and oxygen atoms in total. The topological polar surface area (TPSA) is 344 Å². The monoisotopic (exact) mass is 1790 g/mol. The van der Waals surface area contributed by atoms with E-state index in [2.05, 4.69) is 54.0 Å². The summed E-state index contributed by atoms with van der Waals surface area (Å²) in [6.07, 6.45) is -33.6. The molecule has 6 saturated heterocycles. The first kappa shape index (κ1) is 39.4. The maximum atomic E-state index is 11.7. The molecule has 12 heterocycles. The van der Waals surface area contributed by atoms with Crippen LogP contribution in [0.15, 0.2) is 146 Å². The number of carbonyl (C=O) groups excluding carboxylic acids is 6. The van der Waals surface area contributed by atoms with E-state index in [0.717, 1.165) is 43.9 Å². The van der Waals surface area contributed by atoms with Crippen molar-refractivity contribution in [2.24, 2.45) is 0 Å². The molecular formula is C96H126N18O12. The van der Waals surface area contributed by atoms with Gasteiger partial charge in [-0.2, -0.15) is 0 Å². The summed E-state index contributed by atoms with van der Waals surface area (Å²) in [7, 11) is 8.79. The van der Waals surface area contributed by atoms with Crippen LogP contribution in [0.1, 0.15) is 149 Å². The zero-order valence-corrected chi connectivity index (χ0v) is 67.4. The highest BCUT2D eigenvalue weighted by Crippen LogP contribution is 2.29. The molecule has 6 fully saturated rings. The number of benzene rings is 6. The number of rotatable bonds is 30. The molecule has 0 saturated carbocycles. The third-order valence-electron chi connectivity index (χ3n) is 17.8. The summed E-state index contributed by atoms with van der Waals surface area (Å²) >= 11 is 0. The van der Waals surface area contributed by atoms with Gasteiger partial charge < -0.3 is 120 Å². The van der Waals surface area contributed by atoms with E-state index < -0.39 is 266 Å². The van der Waals surface area contributed by atoms with Crippen LogP contribution in [0, 0.1) is 0 Å². The summed E-state index contributed by atoms with van der Waals surface area (Å²) in [5, 5.41) is 7.33. The van der Waals surface area contributed by atoms with Crippen molar-refractivity contribution in [3.8, 4) is 0 Å². The largest absolute Gasteiger partial charge is 0.447 e. The first-order chi connectivity index (χ1) is 86.5. The highest BCUT2D eigenvalue weighted by atomic mass is 16.6. The Balaban J connectivity index is 0.000000186. The Bertz CT molecular complexity index is 8900. The van der Waals surface area contributed by atoms with Gasteiger partial charge in [-0.3, -0.25) is 0 Å². The number of aromatic amines is 6. The highest BCUT2D eigenvalue weighted by molar-refractivity contribution is 5.88. The van der Waals surface area contributed by atoms with Crippen molar-refractivity contribution in [1.29, 1.82) is 0 Å². The fourth-order valence-electron chi connectivity index (χ4n) is 12.0. The number of cyclic esters (lactones) is 6. The maximum Gasteiger partial charge on any atom is 0.407 e. The lowest BCUT2D eigenvalue weighted by Crippen LogP contribution is -2.28. The van der Waals surface area contributed by atoms with Crippen molar-refractivity contribution in [3.63, 3.8) is 0 Å². The summed E-state index contributed by atoms with van der Waals surface area (Å²) in [5.74, 6) is 0. The van der Waals surface area contributed by atoms with Crippen LogP contribution in [-0.4, -0.2) is 295 Å². The van der Waals surface area contributed by atoms with Gasteiger partial charge in [-0.15, -0.1) is 0 Å². The summed E-state index contributed by atoms with van der Waals surface area (Å²) in [6, 6.07) is 12.2. The number of ether oxygens (including phenoxy) is 6. The van der Waals surface area contributed by atoms with Crippen molar-refractivity contribution >= 4 is 102 Å². The average molecular weight is 1790 g/mol. The molecule has 126 heavy (non-hydrogen) atoms. The molecule has 6 aliphatic heterocycles. The molecule has 0 bridgehead atoms. The van der Waals surface area contributed by atoms with Gasteiger partial charge in [0, 0.05) is 199 Å². The maximum absolute atomic E-state index is 11.7. The number of carbonyl (C=O) groups is 6. The number of H-pyrrole nitrogens is 6. The van der Waals surface area contributed by atoms with E-state index in [1.807, 2.05) is 24.3 Å². The second-order valence-corrected chi connectivity index (χ2v) is 27.8. The Morgan fingerprint density at radius 2 is 0.579 bits per heavy atom. The van der Waals surface area contributed by atoms with E-state index in [0.29, 0.717) is 56.3 Å². The number of likely N-dealkylation sites (N-methyl/N-ethyl adjacent to an activating group) is 6. The number of hydrogen-bond acceptors (Lipinski definition) is 18. The summed E-state index contributed by atoms with van der Waals surface area (Å²) < 4.78 is 553. The van der Waals surface area contributed by atoms with Gasteiger partial charge in [-0.1, -0.05) is 36.4 Å². The Morgan fingerprint density at radius 1 is 0.317 bits per heavy atom. The molecule has 672 valence electrons. The first-order valence-electron chi connectivity index (χ1n) is 70.4. The van der Waals surface area contributed by atoms with Crippen molar-refractivity contribution in [1.82, 2.24) is 91.2 Å². The van der Waals surface area contributed by atoms with Gasteiger partial charge in [0.25, 0.3) is 0 Å². The van der Waals surface area contributed by atoms with Crippen molar-refractivity contribution in [3.05, 3.63) is 213 Å². The van der Waals surface area contributed by atoms with Crippen LogP contribution in [0.4, 0.5) is 28.8 Å². The molecule has 0 radical (unpaired) electrons. The van der Waals surface area contributed by atoms with Gasteiger partial charge in [0.15, 0.2) is 8.47 Å². The van der Waals surface area contributed by atoms with Gasteiger partial charge in [0.05, 0.1) is 60.9 Å².